The lowest BCUT2D eigenvalue weighted by atomic mass is 9.76. The number of carboxylic acid groups (broad SMARTS) is 1. The molecule has 0 spiro atoms. The maximum absolute atomic E-state index is 10.6. The minimum Gasteiger partial charge on any atom is -0.493 e. The Morgan fingerprint density at radius 3 is 2.72 bits per heavy atom. The van der Waals surface area contributed by atoms with E-state index in [4.69, 9.17) is 14.6 Å². The molecular formula is C26H39NO5. The molecule has 1 aromatic rings. The zero-order valence-corrected chi connectivity index (χ0v) is 19.2. The standard InChI is InChI=1S/C26H39NO5/c1-26(30,16-18-31-20-9-5-4-6-10-20)19-27-17-15-22-21(23-13-14-24(22)32-23)11-7-2-3-8-12-25(28)29/h2,4-7,9-10,21-24,27,30H,3,8,11-19H2,1H3,(H,28,29)/b7-2-/t21-,22-,23-,24+,26?/m1/s1. The van der Waals surface area contributed by atoms with Gasteiger partial charge in [0.2, 0.25) is 0 Å². The number of carboxylic acids is 1. The molecule has 178 valence electrons. The lowest BCUT2D eigenvalue weighted by molar-refractivity contribution is -0.137. The van der Waals surface area contributed by atoms with Gasteiger partial charge >= 0.3 is 5.97 Å². The molecule has 6 heteroatoms. The fourth-order valence-corrected chi connectivity index (χ4v) is 4.96. The first-order valence-corrected chi connectivity index (χ1v) is 12.1. The quantitative estimate of drug-likeness (QED) is 0.277. The van der Waals surface area contributed by atoms with Crippen LogP contribution in [-0.4, -0.2) is 53.7 Å². The van der Waals surface area contributed by atoms with Gasteiger partial charge < -0.3 is 25.0 Å². The van der Waals surface area contributed by atoms with E-state index in [1.54, 1.807) is 0 Å². The maximum Gasteiger partial charge on any atom is 0.303 e. The summed E-state index contributed by atoms with van der Waals surface area (Å²) in [6, 6.07) is 9.68. The van der Waals surface area contributed by atoms with Crippen molar-refractivity contribution in [2.45, 2.75) is 76.1 Å². The summed E-state index contributed by atoms with van der Waals surface area (Å²) in [7, 11) is 0. The largest absolute Gasteiger partial charge is 0.493 e. The first kappa shape index (κ1) is 24.7. The van der Waals surface area contributed by atoms with Gasteiger partial charge in [0.15, 0.2) is 0 Å². The van der Waals surface area contributed by atoms with Crippen LogP contribution in [0.1, 0.15) is 58.3 Å². The average molecular weight is 446 g/mol. The van der Waals surface area contributed by atoms with Crippen LogP contribution in [-0.2, 0) is 9.53 Å². The van der Waals surface area contributed by atoms with Crippen molar-refractivity contribution in [2.24, 2.45) is 11.8 Å². The number of nitrogens with one attached hydrogen (secondary N) is 1. The average Bonchev–Trinajstić information content (AvgIpc) is 3.36. The van der Waals surface area contributed by atoms with Crippen molar-refractivity contribution < 1.29 is 24.5 Å². The van der Waals surface area contributed by atoms with Crippen LogP contribution >= 0.6 is 0 Å². The van der Waals surface area contributed by atoms with E-state index < -0.39 is 11.6 Å². The zero-order chi connectivity index (χ0) is 22.8. The molecular weight excluding hydrogens is 406 g/mol. The van der Waals surface area contributed by atoms with Crippen LogP contribution in [0.3, 0.4) is 0 Å². The number of hydrogen-bond donors (Lipinski definition) is 3. The second-order valence-corrected chi connectivity index (χ2v) is 9.49. The van der Waals surface area contributed by atoms with E-state index in [-0.39, 0.29) is 6.42 Å². The molecule has 0 aliphatic carbocycles. The van der Waals surface area contributed by atoms with Crippen LogP contribution in [0.15, 0.2) is 42.5 Å². The number of rotatable bonds is 15. The second kappa shape index (κ2) is 12.4. The summed E-state index contributed by atoms with van der Waals surface area (Å²) in [5, 5.41) is 22.8. The highest BCUT2D eigenvalue weighted by Gasteiger charge is 2.47. The predicted octanol–water partition coefficient (Wildman–Crippen LogP) is 4.18. The summed E-state index contributed by atoms with van der Waals surface area (Å²) >= 11 is 0. The monoisotopic (exact) mass is 445 g/mol. The van der Waals surface area contributed by atoms with E-state index in [1.165, 1.54) is 0 Å². The highest BCUT2D eigenvalue weighted by atomic mass is 16.5. The van der Waals surface area contributed by atoms with Gasteiger partial charge in [0.25, 0.3) is 0 Å². The van der Waals surface area contributed by atoms with Gasteiger partial charge in [-0.25, -0.2) is 0 Å². The first-order chi connectivity index (χ1) is 15.4. The molecule has 32 heavy (non-hydrogen) atoms. The number of unbranched alkanes of at least 4 members (excludes halogenated alkanes) is 1. The third-order valence-electron chi connectivity index (χ3n) is 6.74. The Kier molecular flexibility index (Phi) is 9.57. The fraction of sp³-hybridized carbons (Fsp3) is 0.654. The third kappa shape index (κ3) is 7.91. The minimum atomic E-state index is -0.807. The molecule has 2 aliphatic heterocycles. The molecule has 1 aromatic carbocycles. The van der Waals surface area contributed by atoms with Gasteiger partial charge in [0.05, 0.1) is 24.4 Å². The smallest absolute Gasteiger partial charge is 0.303 e. The normalized spacial score (nSPS) is 26.4. The number of para-hydroxylation sites is 1. The number of aliphatic hydroxyl groups is 1. The van der Waals surface area contributed by atoms with Crippen LogP contribution in [0.5, 0.6) is 5.75 Å². The highest BCUT2D eigenvalue weighted by Crippen LogP contribution is 2.46. The van der Waals surface area contributed by atoms with Crippen LogP contribution in [0, 0.1) is 11.8 Å². The van der Waals surface area contributed by atoms with Crippen molar-refractivity contribution in [2.75, 3.05) is 19.7 Å². The number of allylic oxidation sites excluding steroid dienone is 2. The Morgan fingerprint density at radius 1 is 1.22 bits per heavy atom. The Hall–Kier alpha value is -1.89. The molecule has 6 nitrogen and oxygen atoms in total. The number of carbonyl (C=O) groups is 1. The van der Waals surface area contributed by atoms with Crippen molar-refractivity contribution in [3.63, 3.8) is 0 Å². The Bertz CT molecular complexity index is 720. The van der Waals surface area contributed by atoms with Crippen LogP contribution in [0.4, 0.5) is 0 Å². The highest BCUT2D eigenvalue weighted by molar-refractivity contribution is 5.66. The van der Waals surface area contributed by atoms with Crippen LogP contribution in [0.2, 0.25) is 0 Å². The molecule has 2 bridgehead atoms. The number of fused-ring (bicyclic) bond motifs is 2. The molecule has 3 N–H and O–H groups in total. The number of benzene rings is 1. The summed E-state index contributed by atoms with van der Waals surface area (Å²) in [4.78, 5) is 10.6. The van der Waals surface area contributed by atoms with E-state index in [0.717, 1.165) is 44.4 Å². The van der Waals surface area contributed by atoms with Gasteiger partial charge in [0, 0.05) is 19.4 Å². The van der Waals surface area contributed by atoms with Crippen molar-refractivity contribution in [3.05, 3.63) is 42.5 Å². The molecule has 3 rings (SSSR count). The molecule has 0 radical (unpaired) electrons. The molecule has 2 heterocycles. The van der Waals surface area contributed by atoms with E-state index >= 15 is 0 Å². The van der Waals surface area contributed by atoms with Crippen LogP contribution < -0.4 is 10.1 Å². The van der Waals surface area contributed by atoms with Gasteiger partial charge in [-0.2, -0.15) is 0 Å². The number of hydrogen-bond acceptors (Lipinski definition) is 5. The lowest BCUT2D eigenvalue weighted by Crippen LogP contribution is -2.40. The Morgan fingerprint density at radius 2 is 1.97 bits per heavy atom. The van der Waals surface area contributed by atoms with E-state index in [1.807, 2.05) is 37.3 Å². The summed E-state index contributed by atoms with van der Waals surface area (Å²) in [6.07, 6.45) is 11.8. The predicted molar refractivity (Wildman–Crippen MR) is 125 cm³/mol. The first-order valence-electron chi connectivity index (χ1n) is 12.1. The summed E-state index contributed by atoms with van der Waals surface area (Å²) in [6.45, 7) is 3.75. The van der Waals surface area contributed by atoms with E-state index in [2.05, 4.69) is 17.5 Å². The molecule has 2 fully saturated rings. The molecule has 1 unspecified atom stereocenters. The molecule has 2 saturated heterocycles. The Labute approximate surface area is 192 Å². The zero-order valence-electron chi connectivity index (χ0n) is 19.2. The topological polar surface area (TPSA) is 88.0 Å². The summed E-state index contributed by atoms with van der Waals surface area (Å²) in [5.74, 6) is 1.20. The van der Waals surface area contributed by atoms with E-state index in [0.29, 0.717) is 50.0 Å². The number of aliphatic carboxylic acids is 1. The van der Waals surface area contributed by atoms with Crippen molar-refractivity contribution in [1.29, 1.82) is 0 Å². The minimum absolute atomic E-state index is 0.234. The van der Waals surface area contributed by atoms with Gasteiger partial charge in [-0.3, -0.25) is 4.79 Å². The molecule has 5 atom stereocenters. The SMILES string of the molecule is CC(O)(CCOc1ccccc1)CNCC[C@@H]1[C@@H](C/C=C\CCCC(=O)O)[C@H]2CC[C@@H]1O2. The fourth-order valence-electron chi connectivity index (χ4n) is 4.96. The Balaban J connectivity index is 1.33. The van der Waals surface area contributed by atoms with Crippen molar-refractivity contribution in [1.82, 2.24) is 5.32 Å². The van der Waals surface area contributed by atoms with Crippen LogP contribution in [0.25, 0.3) is 0 Å². The lowest BCUT2D eigenvalue weighted by Gasteiger charge is -2.28. The number of ether oxygens (including phenoxy) is 2. The molecule has 0 amide bonds. The van der Waals surface area contributed by atoms with Gasteiger partial charge in [-0.05, 0) is 76.0 Å². The second-order valence-electron chi connectivity index (χ2n) is 9.49. The van der Waals surface area contributed by atoms with Crippen molar-refractivity contribution >= 4 is 5.97 Å². The molecule has 2 aliphatic rings. The summed E-state index contributed by atoms with van der Waals surface area (Å²) < 4.78 is 11.9. The van der Waals surface area contributed by atoms with Gasteiger partial charge in [0.1, 0.15) is 5.75 Å². The van der Waals surface area contributed by atoms with Crippen molar-refractivity contribution in [3.8, 4) is 5.75 Å². The van der Waals surface area contributed by atoms with Gasteiger partial charge in [-0.15, -0.1) is 0 Å². The van der Waals surface area contributed by atoms with E-state index in [9.17, 15) is 9.90 Å². The summed E-state index contributed by atoms with van der Waals surface area (Å²) in [5.41, 5.74) is -0.807. The maximum atomic E-state index is 10.6. The molecule has 0 saturated carbocycles. The van der Waals surface area contributed by atoms with Gasteiger partial charge in [-0.1, -0.05) is 30.4 Å². The molecule has 0 aromatic heterocycles. The third-order valence-corrected chi connectivity index (χ3v) is 6.74.